The molecule has 0 amide bonds. The zero-order chi connectivity index (χ0) is 15.2. The van der Waals surface area contributed by atoms with Gasteiger partial charge in [-0.1, -0.05) is 0 Å². The summed E-state index contributed by atoms with van der Waals surface area (Å²) in [5.41, 5.74) is 0.478. The Morgan fingerprint density at radius 1 is 1.30 bits per heavy atom. The molecule has 0 fully saturated rings. The number of hydrogen-bond acceptors (Lipinski definition) is 7. The van der Waals surface area contributed by atoms with Gasteiger partial charge in [0.15, 0.2) is 0 Å². The van der Waals surface area contributed by atoms with Gasteiger partial charge < -0.3 is 0 Å². The number of rotatable bonds is 7. The molecule has 0 heterocycles. The monoisotopic (exact) mass is 367 g/mol. The third kappa shape index (κ3) is 7.41. The maximum absolute atomic E-state index is 10.5. The standard InChI is InChI=1S/C9H14AsN3O6S/c1-13(6-7-20(16,17)18)12-11-8-2-4-9(5-3-8)19-10(14)15/h2-5,14-15H,6-7H2,1H3,(H,16,17,18). The van der Waals surface area contributed by atoms with Crippen molar-refractivity contribution in [2.45, 2.75) is 0 Å². The van der Waals surface area contributed by atoms with E-state index in [-0.39, 0.29) is 6.54 Å². The first kappa shape index (κ1) is 16.9. The molecular formula is C9H14AsN3O6S. The van der Waals surface area contributed by atoms with Gasteiger partial charge in [-0.25, -0.2) is 0 Å². The van der Waals surface area contributed by atoms with Crippen LogP contribution in [0.5, 0.6) is 5.75 Å². The summed E-state index contributed by atoms with van der Waals surface area (Å²) in [5, 5.41) is 8.84. The van der Waals surface area contributed by atoms with Crippen LogP contribution in [0.25, 0.3) is 0 Å². The van der Waals surface area contributed by atoms with Crippen molar-refractivity contribution in [2.24, 2.45) is 10.3 Å². The third-order valence-electron chi connectivity index (χ3n) is 2.01. The van der Waals surface area contributed by atoms with Crippen LogP contribution in [0.4, 0.5) is 5.69 Å². The van der Waals surface area contributed by atoms with Gasteiger partial charge in [-0.2, -0.15) is 0 Å². The van der Waals surface area contributed by atoms with Gasteiger partial charge in [-0.05, 0) is 0 Å². The van der Waals surface area contributed by atoms with E-state index in [9.17, 15) is 8.42 Å². The van der Waals surface area contributed by atoms with E-state index >= 15 is 0 Å². The molecule has 0 aliphatic heterocycles. The molecule has 9 nitrogen and oxygen atoms in total. The van der Waals surface area contributed by atoms with E-state index in [1.165, 1.54) is 24.2 Å². The van der Waals surface area contributed by atoms with Crippen LogP contribution < -0.4 is 3.73 Å². The van der Waals surface area contributed by atoms with E-state index in [1.807, 2.05) is 0 Å². The number of hydrogen-bond donors (Lipinski definition) is 3. The molecule has 11 heteroatoms. The Morgan fingerprint density at radius 2 is 1.90 bits per heavy atom. The minimum absolute atomic E-state index is 0.00606. The molecule has 1 aromatic rings. The first-order chi connectivity index (χ1) is 9.26. The van der Waals surface area contributed by atoms with Crippen LogP contribution in [0.3, 0.4) is 0 Å². The predicted octanol–water partition coefficient (Wildman–Crippen LogP) is -0.147. The molecule has 112 valence electrons. The molecule has 0 aliphatic carbocycles. The second kappa shape index (κ2) is 7.55. The predicted molar refractivity (Wildman–Crippen MR) is 70.8 cm³/mol. The Hall–Kier alpha value is -1.19. The van der Waals surface area contributed by atoms with Crippen molar-refractivity contribution in [3.63, 3.8) is 0 Å². The molecule has 0 spiro atoms. The molecule has 0 aliphatic rings. The minimum atomic E-state index is -4.02. The fourth-order valence-electron chi connectivity index (χ4n) is 1.09. The summed E-state index contributed by atoms with van der Waals surface area (Å²) < 4.78 is 51.9. The average Bonchev–Trinajstić information content (AvgIpc) is 2.34. The Bertz CT molecular complexity index is 547. The van der Waals surface area contributed by atoms with Crippen molar-refractivity contribution in [1.29, 1.82) is 0 Å². The van der Waals surface area contributed by atoms with E-state index in [1.54, 1.807) is 12.1 Å². The topological polar surface area (TPSA) is 132 Å². The van der Waals surface area contributed by atoms with Crippen LogP contribution in [0.2, 0.25) is 0 Å². The molecule has 3 N–H and O–H groups in total. The van der Waals surface area contributed by atoms with E-state index in [4.69, 9.17) is 16.5 Å². The van der Waals surface area contributed by atoms with Crippen LogP contribution in [-0.2, 0) is 10.1 Å². The van der Waals surface area contributed by atoms with E-state index in [0.29, 0.717) is 11.4 Å². The Morgan fingerprint density at radius 3 is 2.40 bits per heavy atom. The zero-order valence-corrected chi connectivity index (χ0v) is 13.2. The van der Waals surface area contributed by atoms with Crippen molar-refractivity contribution in [3.8, 4) is 5.75 Å². The Balaban J connectivity index is 2.53. The van der Waals surface area contributed by atoms with Gasteiger partial charge in [-0.15, -0.1) is 0 Å². The maximum atomic E-state index is 10.5. The molecule has 1 rings (SSSR count). The summed E-state index contributed by atoms with van der Waals surface area (Å²) in [7, 11) is -2.51. The number of nitrogens with zero attached hydrogens (tertiary/aromatic N) is 3. The molecule has 0 aromatic heterocycles. The van der Waals surface area contributed by atoms with Gasteiger partial charge in [0.05, 0.1) is 0 Å². The third-order valence-corrected chi connectivity index (χ3v) is 3.49. The van der Waals surface area contributed by atoms with Crippen molar-refractivity contribution >= 4 is 31.5 Å². The van der Waals surface area contributed by atoms with E-state index < -0.39 is 31.5 Å². The SMILES string of the molecule is CN(CCS(=O)(=O)O)N=Nc1ccc(O[As](O)O)cc1. The van der Waals surface area contributed by atoms with Gasteiger partial charge in [0.25, 0.3) is 0 Å². The van der Waals surface area contributed by atoms with Crippen molar-refractivity contribution < 1.29 is 24.9 Å². The van der Waals surface area contributed by atoms with Crippen molar-refractivity contribution in [1.82, 2.24) is 5.01 Å². The Labute approximate surface area is 121 Å². The first-order valence-corrected chi connectivity index (χ1v) is 9.35. The van der Waals surface area contributed by atoms with Gasteiger partial charge in [0.1, 0.15) is 0 Å². The molecular weight excluding hydrogens is 353 g/mol. The van der Waals surface area contributed by atoms with Crippen LogP contribution >= 0.6 is 0 Å². The molecule has 0 unspecified atom stereocenters. The van der Waals surface area contributed by atoms with Gasteiger partial charge >= 0.3 is 121 Å². The van der Waals surface area contributed by atoms with Crippen molar-refractivity contribution in [2.75, 3.05) is 19.3 Å². The number of benzene rings is 1. The van der Waals surface area contributed by atoms with Crippen LogP contribution in [-0.4, -0.2) is 61.2 Å². The van der Waals surface area contributed by atoms with Crippen LogP contribution in [0.1, 0.15) is 0 Å². The van der Waals surface area contributed by atoms with Crippen LogP contribution in [0, 0.1) is 0 Å². The van der Waals surface area contributed by atoms with E-state index in [2.05, 4.69) is 10.3 Å². The summed E-state index contributed by atoms with van der Waals surface area (Å²) >= 11 is -3.17. The van der Waals surface area contributed by atoms with Gasteiger partial charge in [0, 0.05) is 0 Å². The average molecular weight is 367 g/mol. The summed E-state index contributed by atoms with van der Waals surface area (Å²) in [6.07, 6.45) is 0. The molecule has 1 aromatic carbocycles. The van der Waals surface area contributed by atoms with Crippen LogP contribution in [0.15, 0.2) is 34.6 Å². The fraction of sp³-hybridized carbons (Fsp3) is 0.333. The molecule has 20 heavy (non-hydrogen) atoms. The van der Waals surface area contributed by atoms with E-state index in [0.717, 1.165) is 0 Å². The second-order valence-electron chi connectivity index (χ2n) is 3.69. The zero-order valence-electron chi connectivity index (χ0n) is 10.5. The Kier molecular flexibility index (Phi) is 6.37. The molecule has 0 radical (unpaired) electrons. The molecule has 0 saturated heterocycles. The normalized spacial score (nSPS) is 12.1. The summed E-state index contributed by atoms with van der Waals surface area (Å²) in [4.78, 5) is 0. The van der Waals surface area contributed by atoms with Gasteiger partial charge in [0.2, 0.25) is 0 Å². The summed E-state index contributed by atoms with van der Waals surface area (Å²) in [6, 6.07) is 6.10. The second-order valence-corrected chi connectivity index (χ2v) is 6.71. The quantitative estimate of drug-likeness (QED) is 0.264. The fourth-order valence-corrected chi connectivity index (χ4v) is 2.23. The molecule has 0 bridgehead atoms. The molecule has 0 saturated carbocycles. The first-order valence-electron chi connectivity index (χ1n) is 5.30. The van der Waals surface area contributed by atoms with Gasteiger partial charge in [-0.3, -0.25) is 0 Å². The van der Waals surface area contributed by atoms with Crippen molar-refractivity contribution in [3.05, 3.63) is 24.3 Å². The summed E-state index contributed by atoms with van der Waals surface area (Å²) in [6.45, 7) is 0.00606. The molecule has 0 atom stereocenters. The summed E-state index contributed by atoms with van der Waals surface area (Å²) in [5.74, 6) is -0.122.